The molecule has 2 N–H and O–H groups in total. The molecule has 1 heterocycles. The van der Waals surface area contributed by atoms with Gasteiger partial charge in [-0.2, -0.15) is 0 Å². The van der Waals surface area contributed by atoms with Crippen molar-refractivity contribution in [3.05, 3.63) is 83.7 Å². The van der Waals surface area contributed by atoms with Gasteiger partial charge < -0.3 is 9.52 Å². The van der Waals surface area contributed by atoms with Crippen molar-refractivity contribution in [2.24, 2.45) is 0 Å². The van der Waals surface area contributed by atoms with E-state index < -0.39 is 38.0 Å². The minimum Gasteiger partial charge on any atom is -0.505 e. The third-order valence-corrected chi connectivity index (χ3v) is 6.05. The molecular formula is C21H13ClF2N2O4S. The number of oxazole rings is 1. The van der Waals surface area contributed by atoms with Gasteiger partial charge in [-0.25, -0.2) is 22.2 Å². The number of sulfonamides is 1. The van der Waals surface area contributed by atoms with Crippen molar-refractivity contribution in [1.82, 2.24) is 4.98 Å². The Morgan fingerprint density at radius 2 is 1.74 bits per heavy atom. The van der Waals surface area contributed by atoms with Crippen LogP contribution in [0.5, 0.6) is 5.75 Å². The third kappa shape index (κ3) is 4.10. The number of rotatable bonds is 5. The second-order valence-corrected chi connectivity index (χ2v) is 8.48. The van der Waals surface area contributed by atoms with E-state index >= 15 is 0 Å². The summed E-state index contributed by atoms with van der Waals surface area (Å²) in [5, 5.41) is 9.95. The lowest BCUT2D eigenvalue weighted by Gasteiger charge is -2.14. The lowest BCUT2D eigenvalue weighted by Crippen LogP contribution is -2.15. The standard InChI is InChI=1S/C21H13ClF2N2O4S/c22-15-8-13(21-25-6-7-30-21)9-19(20(15)27)31(28,29)26-18-10-14(16(23)11-17(18)24)12-4-2-1-3-5-12/h1-11,26-27H. The molecule has 4 aromatic rings. The van der Waals surface area contributed by atoms with Gasteiger partial charge in [0.25, 0.3) is 10.0 Å². The smallest absolute Gasteiger partial charge is 0.265 e. The molecule has 0 saturated heterocycles. The number of phenols is 1. The van der Waals surface area contributed by atoms with Crippen LogP contribution in [0.25, 0.3) is 22.6 Å². The Bertz CT molecular complexity index is 1360. The van der Waals surface area contributed by atoms with Gasteiger partial charge in [0, 0.05) is 17.2 Å². The summed E-state index contributed by atoms with van der Waals surface area (Å²) in [5.41, 5.74) is 0.0998. The van der Waals surface area contributed by atoms with Crippen molar-refractivity contribution in [3.63, 3.8) is 0 Å². The number of halogens is 3. The fourth-order valence-corrected chi connectivity index (χ4v) is 4.41. The molecule has 0 aliphatic heterocycles. The van der Waals surface area contributed by atoms with E-state index in [4.69, 9.17) is 16.0 Å². The largest absolute Gasteiger partial charge is 0.505 e. The van der Waals surface area contributed by atoms with Crippen molar-refractivity contribution >= 4 is 27.3 Å². The summed E-state index contributed by atoms with van der Waals surface area (Å²) in [5.74, 6) is -2.66. The summed E-state index contributed by atoms with van der Waals surface area (Å²) in [6.45, 7) is 0. The molecule has 0 aliphatic carbocycles. The van der Waals surface area contributed by atoms with E-state index in [1.807, 2.05) is 4.72 Å². The van der Waals surface area contributed by atoms with Crippen molar-refractivity contribution in [2.75, 3.05) is 4.72 Å². The van der Waals surface area contributed by atoms with Crippen LogP contribution in [0.1, 0.15) is 0 Å². The van der Waals surface area contributed by atoms with Crippen LogP contribution in [0.15, 0.2) is 76.4 Å². The van der Waals surface area contributed by atoms with Gasteiger partial charge in [-0.1, -0.05) is 41.9 Å². The monoisotopic (exact) mass is 462 g/mol. The Morgan fingerprint density at radius 1 is 1.00 bits per heavy atom. The molecule has 0 bridgehead atoms. The number of aromatic hydroxyl groups is 1. The molecule has 1 aromatic heterocycles. The van der Waals surface area contributed by atoms with Crippen molar-refractivity contribution in [2.45, 2.75) is 4.90 Å². The highest BCUT2D eigenvalue weighted by atomic mass is 35.5. The highest BCUT2D eigenvalue weighted by Crippen LogP contribution is 2.37. The number of nitrogens with zero attached hydrogens (tertiary/aromatic N) is 1. The third-order valence-electron chi connectivity index (χ3n) is 4.38. The fraction of sp³-hybridized carbons (Fsp3) is 0. The van der Waals surface area contributed by atoms with Crippen LogP contribution in [0, 0.1) is 11.6 Å². The van der Waals surface area contributed by atoms with Crippen LogP contribution < -0.4 is 4.72 Å². The van der Waals surface area contributed by atoms with Crippen LogP contribution in [-0.2, 0) is 10.0 Å². The number of hydrogen-bond acceptors (Lipinski definition) is 5. The van der Waals surface area contributed by atoms with Gasteiger partial charge in [0.2, 0.25) is 5.89 Å². The number of nitrogens with one attached hydrogen (secondary N) is 1. The quantitative estimate of drug-likeness (QED) is 0.411. The van der Waals surface area contributed by atoms with E-state index in [0.29, 0.717) is 11.6 Å². The molecule has 0 aliphatic rings. The van der Waals surface area contributed by atoms with Gasteiger partial charge in [0.1, 0.15) is 22.8 Å². The van der Waals surface area contributed by atoms with Gasteiger partial charge in [-0.05, 0) is 23.8 Å². The van der Waals surface area contributed by atoms with Crippen molar-refractivity contribution in [1.29, 1.82) is 0 Å². The van der Waals surface area contributed by atoms with Crippen LogP contribution in [-0.4, -0.2) is 18.5 Å². The van der Waals surface area contributed by atoms with Crippen molar-refractivity contribution in [3.8, 4) is 28.3 Å². The first-order valence-corrected chi connectivity index (χ1v) is 10.6. The van der Waals surface area contributed by atoms with Gasteiger partial charge in [0.05, 0.1) is 16.9 Å². The zero-order chi connectivity index (χ0) is 22.2. The summed E-state index contributed by atoms with van der Waals surface area (Å²) in [4.78, 5) is 3.28. The molecule has 0 atom stereocenters. The summed E-state index contributed by atoms with van der Waals surface area (Å²) in [7, 11) is -4.53. The second-order valence-electron chi connectivity index (χ2n) is 6.43. The molecule has 0 unspecified atom stereocenters. The lowest BCUT2D eigenvalue weighted by molar-refractivity contribution is 0.459. The number of aromatic nitrogens is 1. The van der Waals surface area contributed by atoms with Gasteiger partial charge >= 0.3 is 0 Å². The molecule has 0 fully saturated rings. The molecule has 0 radical (unpaired) electrons. The average Bonchev–Trinajstić information content (AvgIpc) is 3.27. The maximum Gasteiger partial charge on any atom is 0.265 e. The van der Waals surface area contributed by atoms with Gasteiger partial charge in [0.15, 0.2) is 5.75 Å². The van der Waals surface area contributed by atoms with Crippen LogP contribution in [0.2, 0.25) is 5.02 Å². The Hall–Kier alpha value is -3.43. The molecule has 0 saturated carbocycles. The maximum absolute atomic E-state index is 14.4. The average molecular weight is 463 g/mol. The molecule has 158 valence electrons. The van der Waals surface area contributed by atoms with E-state index in [1.54, 1.807) is 30.3 Å². The van der Waals surface area contributed by atoms with Gasteiger partial charge in [-0.3, -0.25) is 4.72 Å². The minimum absolute atomic E-state index is 0.00418. The highest BCUT2D eigenvalue weighted by Gasteiger charge is 2.25. The first-order valence-electron chi connectivity index (χ1n) is 8.76. The van der Waals surface area contributed by atoms with E-state index in [-0.39, 0.29) is 22.0 Å². The Balaban J connectivity index is 1.78. The summed E-state index contributed by atoms with van der Waals surface area (Å²) >= 11 is 5.97. The molecule has 31 heavy (non-hydrogen) atoms. The number of benzene rings is 3. The second kappa shape index (κ2) is 8.01. The molecule has 0 amide bonds. The Labute approximate surface area is 180 Å². The summed E-state index contributed by atoms with van der Waals surface area (Å²) in [6.07, 6.45) is 2.63. The Morgan fingerprint density at radius 3 is 2.42 bits per heavy atom. The first kappa shape index (κ1) is 20.8. The lowest BCUT2D eigenvalue weighted by atomic mass is 10.0. The SMILES string of the molecule is O=S(=O)(Nc1cc(-c2ccccc2)c(F)cc1F)c1cc(-c2ncco2)cc(Cl)c1O. The fourth-order valence-electron chi connectivity index (χ4n) is 2.93. The molecule has 10 heteroatoms. The zero-order valence-corrected chi connectivity index (χ0v) is 17.1. The molecule has 6 nitrogen and oxygen atoms in total. The van der Waals surface area contributed by atoms with E-state index in [2.05, 4.69) is 4.98 Å². The molecular weight excluding hydrogens is 450 g/mol. The van der Waals surface area contributed by atoms with E-state index in [1.165, 1.54) is 18.5 Å². The number of anilines is 1. The number of phenolic OH excluding ortho intramolecular Hbond substituents is 1. The molecule has 4 rings (SSSR count). The molecule has 0 spiro atoms. The normalized spacial score (nSPS) is 11.5. The zero-order valence-electron chi connectivity index (χ0n) is 15.5. The van der Waals surface area contributed by atoms with Crippen LogP contribution >= 0.6 is 11.6 Å². The summed E-state index contributed by atoms with van der Waals surface area (Å²) in [6, 6.07) is 12.2. The summed E-state index contributed by atoms with van der Waals surface area (Å²) < 4.78 is 61.8. The van der Waals surface area contributed by atoms with Crippen LogP contribution in [0.4, 0.5) is 14.5 Å². The molecule has 3 aromatic carbocycles. The van der Waals surface area contributed by atoms with E-state index in [9.17, 15) is 22.3 Å². The maximum atomic E-state index is 14.4. The minimum atomic E-state index is -4.53. The van der Waals surface area contributed by atoms with Gasteiger partial charge in [-0.15, -0.1) is 0 Å². The van der Waals surface area contributed by atoms with E-state index in [0.717, 1.165) is 12.1 Å². The first-order chi connectivity index (χ1) is 14.8. The highest BCUT2D eigenvalue weighted by molar-refractivity contribution is 7.92. The number of hydrogen-bond donors (Lipinski definition) is 2. The predicted molar refractivity (Wildman–Crippen MR) is 111 cm³/mol. The van der Waals surface area contributed by atoms with Crippen molar-refractivity contribution < 1.29 is 26.7 Å². The van der Waals surface area contributed by atoms with Crippen LogP contribution in [0.3, 0.4) is 0 Å². The predicted octanol–water partition coefficient (Wildman–Crippen LogP) is 5.45. The topological polar surface area (TPSA) is 92.4 Å². The Kier molecular flexibility index (Phi) is 5.38.